The third-order valence-corrected chi connectivity index (χ3v) is 5.05. The molecule has 2 aromatic carbocycles. The fourth-order valence-electron chi connectivity index (χ4n) is 2.96. The van der Waals surface area contributed by atoms with Crippen molar-refractivity contribution < 1.29 is 14.3 Å². The molecule has 0 atom stereocenters. The number of nitrogens with zero attached hydrogens (tertiary/aromatic N) is 1. The largest absolute Gasteiger partial charge is 0.493 e. The van der Waals surface area contributed by atoms with Crippen molar-refractivity contribution in [3.63, 3.8) is 0 Å². The number of hydrogen-bond donors (Lipinski definition) is 1. The molecular weight excluding hydrogens is 336 g/mol. The molecule has 0 radical (unpaired) electrons. The van der Waals surface area contributed by atoms with Crippen LogP contribution in [0.1, 0.15) is 11.1 Å². The number of methoxy groups -OCH3 is 2. The lowest BCUT2D eigenvalue weighted by molar-refractivity contribution is 0.206. The Morgan fingerprint density at radius 3 is 2.52 bits per heavy atom. The maximum atomic E-state index is 12.6. The number of urea groups is 1. The van der Waals surface area contributed by atoms with E-state index in [9.17, 15) is 4.79 Å². The Morgan fingerprint density at radius 2 is 1.84 bits per heavy atom. The van der Waals surface area contributed by atoms with Gasteiger partial charge in [-0.15, -0.1) is 11.8 Å². The van der Waals surface area contributed by atoms with Gasteiger partial charge in [0.25, 0.3) is 0 Å². The first-order valence-corrected chi connectivity index (χ1v) is 9.31. The fourth-order valence-corrected chi connectivity index (χ4v) is 3.42. The average Bonchev–Trinajstić information content (AvgIpc) is 2.66. The van der Waals surface area contributed by atoms with Gasteiger partial charge in [0.05, 0.1) is 14.2 Å². The molecule has 0 spiro atoms. The Morgan fingerprint density at radius 1 is 1.12 bits per heavy atom. The zero-order chi connectivity index (χ0) is 17.8. The van der Waals surface area contributed by atoms with E-state index in [1.807, 2.05) is 47.6 Å². The van der Waals surface area contributed by atoms with Gasteiger partial charge >= 0.3 is 6.03 Å². The predicted molar refractivity (Wildman–Crippen MR) is 101 cm³/mol. The molecule has 1 N–H and O–H groups in total. The molecule has 0 aliphatic carbocycles. The summed E-state index contributed by atoms with van der Waals surface area (Å²) in [4.78, 5) is 15.5. The van der Waals surface area contributed by atoms with Crippen molar-refractivity contribution in [2.75, 3.05) is 32.3 Å². The second kappa shape index (κ2) is 7.70. The van der Waals surface area contributed by atoms with Crippen molar-refractivity contribution in [1.82, 2.24) is 4.90 Å². The monoisotopic (exact) mass is 358 g/mol. The van der Waals surface area contributed by atoms with Crippen LogP contribution in [0.15, 0.2) is 41.3 Å². The molecular formula is C19H22N2O3S. The first-order valence-electron chi connectivity index (χ1n) is 8.08. The highest BCUT2D eigenvalue weighted by Crippen LogP contribution is 2.33. The van der Waals surface area contributed by atoms with E-state index in [1.165, 1.54) is 5.56 Å². The summed E-state index contributed by atoms with van der Waals surface area (Å²) in [6.07, 6.45) is 2.82. The normalized spacial score (nSPS) is 13.2. The lowest BCUT2D eigenvalue weighted by Crippen LogP contribution is -2.38. The molecule has 0 bridgehead atoms. The fraction of sp³-hybridized carbons (Fsp3) is 0.316. The maximum absolute atomic E-state index is 12.6. The molecule has 2 aromatic rings. The van der Waals surface area contributed by atoms with Crippen molar-refractivity contribution in [3.05, 3.63) is 47.5 Å². The Bertz CT molecular complexity index is 779. The molecule has 0 saturated heterocycles. The van der Waals surface area contributed by atoms with Crippen molar-refractivity contribution in [2.24, 2.45) is 0 Å². The highest BCUT2D eigenvalue weighted by Gasteiger charge is 2.23. The summed E-state index contributed by atoms with van der Waals surface area (Å²) in [5, 5.41) is 2.99. The Hall–Kier alpha value is -2.34. The molecule has 0 unspecified atom stereocenters. The highest BCUT2D eigenvalue weighted by molar-refractivity contribution is 7.98. The number of ether oxygens (including phenoxy) is 2. The summed E-state index contributed by atoms with van der Waals surface area (Å²) in [5.74, 6) is 1.42. The summed E-state index contributed by atoms with van der Waals surface area (Å²) in [5.41, 5.74) is 3.11. The first-order chi connectivity index (χ1) is 12.1. The number of carbonyl (C=O) groups is 1. The van der Waals surface area contributed by atoms with Gasteiger partial charge in [-0.25, -0.2) is 4.79 Å². The van der Waals surface area contributed by atoms with E-state index in [0.29, 0.717) is 18.8 Å². The summed E-state index contributed by atoms with van der Waals surface area (Å²) in [6, 6.07) is 11.7. The summed E-state index contributed by atoms with van der Waals surface area (Å²) < 4.78 is 10.7. The average molecular weight is 358 g/mol. The van der Waals surface area contributed by atoms with Gasteiger partial charge in [-0.2, -0.15) is 0 Å². The van der Waals surface area contributed by atoms with Crippen LogP contribution < -0.4 is 14.8 Å². The van der Waals surface area contributed by atoms with Crippen LogP contribution in [0.4, 0.5) is 10.5 Å². The molecule has 0 saturated carbocycles. The molecule has 5 nitrogen and oxygen atoms in total. The van der Waals surface area contributed by atoms with Crippen molar-refractivity contribution in [1.29, 1.82) is 0 Å². The Balaban J connectivity index is 1.74. The van der Waals surface area contributed by atoms with Crippen LogP contribution in [-0.2, 0) is 13.0 Å². The summed E-state index contributed by atoms with van der Waals surface area (Å²) in [7, 11) is 3.26. The number of benzene rings is 2. The van der Waals surface area contributed by atoms with Crippen LogP contribution in [0.2, 0.25) is 0 Å². The van der Waals surface area contributed by atoms with E-state index < -0.39 is 0 Å². The van der Waals surface area contributed by atoms with Gasteiger partial charge in [0.15, 0.2) is 11.5 Å². The van der Waals surface area contributed by atoms with Crippen LogP contribution in [0, 0.1) is 0 Å². The smallest absolute Gasteiger partial charge is 0.322 e. The van der Waals surface area contributed by atoms with Gasteiger partial charge in [0, 0.05) is 23.7 Å². The third kappa shape index (κ3) is 3.85. The second-order valence-electron chi connectivity index (χ2n) is 5.81. The predicted octanol–water partition coefficient (Wildman–Crippen LogP) is 4.02. The zero-order valence-electron chi connectivity index (χ0n) is 14.7. The molecule has 1 heterocycles. The minimum atomic E-state index is -0.0845. The Labute approximate surface area is 152 Å². The van der Waals surface area contributed by atoms with Crippen molar-refractivity contribution in [2.45, 2.75) is 17.9 Å². The van der Waals surface area contributed by atoms with Gasteiger partial charge in [0.1, 0.15) is 0 Å². The second-order valence-corrected chi connectivity index (χ2v) is 6.69. The van der Waals surface area contributed by atoms with Crippen LogP contribution in [-0.4, -0.2) is 38.0 Å². The molecule has 1 aliphatic rings. The van der Waals surface area contributed by atoms with Gasteiger partial charge in [-0.05, 0) is 54.1 Å². The van der Waals surface area contributed by atoms with Crippen molar-refractivity contribution >= 4 is 23.5 Å². The number of hydrogen-bond acceptors (Lipinski definition) is 4. The number of thioether (sulfide) groups is 1. The highest BCUT2D eigenvalue weighted by atomic mass is 32.2. The lowest BCUT2D eigenvalue weighted by Gasteiger charge is -2.29. The van der Waals surface area contributed by atoms with Gasteiger partial charge in [-0.3, -0.25) is 0 Å². The molecule has 2 amide bonds. The van der Waals surface area contributed by atoms with Crippen LogP contribution >= 0.6 is 11.8 Å². The molecule has 0 fully saturated rings. The van der Waals surface area contributed by atoms with E-state index >= 15 is 0 Å². The lowest BCUT2D eigenvalue weighted by atomic mass is 9.99. The number of anilines is 1. The summed E-state index contributed by atoms with van der Waals surface area (Å²) in [6.45, 7) is 1.24. The van der Waals surface area contributed by atoms with Crippen LogP contribution in [0.25, 0.3) is 0 Å². The van der Waals surface area contributed by atoms with E-state index in [2.05, 4.69) is 5.32 Å². The molecule has 3 rings (SSSR count). The number of carbonyl (C=O) groups excluding carboxylic acids is 1. The van der Waals surface area contributed by atoms with Crippen LogP contribution in [0.5, 0.6) is 11.5 Å². The van der Waals surface area contributed by atoms with E-state index in [-0.39, 0.29) is 6.03 Å². The van der Waals surface area contributed by atoms with Gasteiger partial charge in [0.2, 0.25) is 0 Å². The minimum absolute atomic E-state index is 0.0845. The topological polar surface area (TPSA) is 50.8 Å². The molecule has 25 heavy (non-hydrogen) atoms. The quantitative estimate of drug-likeness (QED) is 0.839. The SMILES string of the molecule is COc1cc2c(cc1OC)CN(C(=O)Nc1cccc(SC)c1)CC2. The standard InChI is InChI=1S/C19H22N2O3S/c1-23-17-9-13-7-8-21(12-14(13)10-18(17)24-2)19(22)20-15-5-4-6-16(11-15)25-3/h4-6,9-11H,7-8,12H2,1-3H3,(H,20,22). The summed E-state index contributed by atoms with van der Waals surface area (Å²) >= 11 is 1.65. The van der Waals surface area contributed by atoms with E-state index in [4.69, 9.17) is 9.47 Å². The van der Waals surface area contributed by atoms with Gasteiger partial charge in [-0.1, -0.05) is 6.07 Å². The molecule has 0 aromatic heterocycles. The Kier molecular flexibility index (Phi) is 5.38. The molecule has 1 aliphatic heterocycles. The number of nitrogens with one attached hydrogen (secondary N) is 1. The number of rotatable bonds is 4. The van der Waals surface area contributed by atoms with Crippen molar-refractivity contribution in [3.8, 4) is 11.5 Å². The number of amides is 2. The van der Waals surface area contributed by atoms with E-state index in [0.717, 1.165) is 28.3 Å². The third-order valence-electron chi connectivity index (χ3n) is 4.33. The first kappa shape index (κ1) is 17.5. The number of fused-ring (bicyclic) bond motifs is 1. The zero-order valence-corrected chi connectivity index (χ0v) is 15.5. The van der Waals surface area contributed by atoms with Crippen LogP contribution in [0.3, 0.4) is 0 Å². The van der Waals surface area contributed by atoms with E-state index in [1.54, 1.807) is 26.0 Å². The molecule has 132 valence electrons. The maximum Gasteiger partial charge on any atom is 0.322 e. The van der Waals surface area contributed by atoms with Gasteiger partial charge < -0.3 is 19.7 Å². The molecule has 6 heteroatoms. The minimum Gasteiger partial charge on any atom is -0.493 e.